The van der Waals surface area contributed by atoms with Gasteiger partial charge in [0, 0.05) is 10.0 Å². The smallest absolute Gasteiger partial charge is 0.310 e. The lowest BCUT2D eigenvalue weighted by atomic mass is 10.1. The first-order valence-electron chi connectivity index (χ1n) is 4.45. The van der Waals surface area contributed by atoms with E-state index in [9.17, 15) is 4.79 Å². The topological polar surface area (TPSA) is 59.3 Å². The average molecular weight is 284 g/mol. The molecule has 5 heteroatoms. The number of halogens is 1. The normalized spacial score (nSPS) is 9.38. The minimum atomic E-state index is -0.358. The highest BCUT2D eigenvalue weighted by molar-refractivity contribution is 9.10. The summed E-state index contributed by atoms with van der Waals surface area (Å²) in [4.78, 5) is 11.2. The summed E-state index contributed by atoms with van der Waals surface area (Å²) in [7, 11) is 2.82. The van der Waals surface area contributed by atoms with E-state index in [1.54, 1.807) is 12.1 Å². The molecule has 0 saturated carbocycles. The molecule has 0 aromatic heterocycles. The van der Waals surface area contributed by atoms with Crippen LogP contribution in [0.1, 0.15) is 11.1 Å². The number of esters is 1. The summed E-state index contributed by atoms with van der Waals surface area (Å²) in [5.74, 6) is 0.139. The van der Waals surface area contributed by atoms with Crippen molar-refractivity contribution >= 4 is 21.9 Å². The molecule has 0 amide bonds. The Kier molecular flexibility index (Phi) is 4.32. The molecule has 16 heavy (non-hydrogen) atoms. The third-order valence-electron chi connectivity index (χ3n) is 2.05. The van der Waals surface area contributed by atoms with Crippen LogP contribution in [0.3, 0.4) is 0 Å². The number of ether oxygens (including phenoxy) is 2. The number of carbonyl (C=O) groups is 1. The van der Waals surface area contributed by atoms with Crippen LogP contribution in [0.4, 0.5) is 0 Å². The minimum Gasteiger partial charge on any atom is -0.496 e. The summed E-state index contributed by atoms with van der Waals surface area (Å²) < 4.78 is 10.4. The standard InChI is InChI=1S/C11H10BrNO3/c1-15-10-4-7(6-13)3-9(12)8(10)5-11(14)16-2/h3-4H,5H2,1-2H3. The molecule has 84 valence electrons. The van der Waals surface area contributed by atoms with Gasteiger partial charge in [0.15, 0.2) is 0 Å². The first kappa shape index (κ1) is 12.5. The van der Waals surface area contributed by atoms with Crippen molar-refractivity contribution < 1.29 is 14.3 Å². The van der Waals surface area contributed by atoms with E-state index in [1.165, 1.54) is 14.2 Å². The van der Waals surface area contributed by atoms with Crippen molar-refractivity contribution in [3.63, 3.8) is 0 Å². The molecule has 0 aliphatic carbocycles. The first-order valence-corrected chi connectivity index (χ1v) is 5.25. The maximum atomic E-state index is 11.2. The van der Waals surface area contributed by atoms with Crippen LogP contribution in [0.2, 0.25) is 0 Å². The summed E-state index contributed by atoms with van der Waals surface area (Å²) in [6.07, 6.45) is 0.103. The fourth-order valence-corrected chi connectivity index (χ4v) is 1.83. The number of nitriles is 1. The zero-order chi connectivity index (χ0) is 12.1. The molecule has 0 unspecified atom stereocenters. The Hall–Kier alpha value is -1.54. The Labute approximate surface area is 102 Å². The van der Waals surface area contributed by atoms with Crippen molar-refractivity contribution in [1.82, 2.24) is 0 Å². The monoisotopic (exact) mass is 283 g/mol. The molecule has 0 radical (unpaired) electrons. The number of carbonyl (C=O) groups excluding carboxylic acids is 1. The molecule has 0 aliphatic rings. The van der Waals surface area contributed by atoms with E-state index < -0.39 is 0 Å². The van der Waals surface area contributed by atoms with Gasteiger partial charge in [-0.2, -0.15) is 5.26 Å². The molecule has 0 heterocycles. The van der Waals surface area contributed by atoms with Crippen molar-refractivity contribution in [2.45, 2.75) is 6.42 Å². The van der Waals surface area contributed by atoms with Gasteiger partial charge in [-0.3, -0.25) is 4.79 Å². The maximum absolute atomic E-state index is 11.2. The Morgan fingerprint density at radius 3 is 2.69 bits per heavy atom. The maximum Gasteiger partial charge on any atom is 0.310 e. The van der Waals surface area contributed by atoms with Crippen LogP contribution in [0.25, 0.3) is 0 Å². The van der Waals surface area contributed by atoms with Crippen LogP contribution in [0, 0.1) is 11.3 Å². The van der Waals surface area contributed by atoms with E-state index in [4.69, 9.17) is 10.00 Å². The summed E-state index contributed by atoms with van der Waals surface area (Å²) in [6, 6.07) is 5.24. The largest absolute Gasteiger partial charge is 0.496 e. The van der Waals surface area contributed by atoms with Crippen molar-refractivity contribution in [3.8, 4) is 11.8 Å². The lowest BCUT2D eigenvalue weighted by Gasteiger charge is -2.10. The Morgan fingerprint density at radius 1 is 1.50 bits per heavy atom. The highest BCUT2D eigenvalue weighted by Crippen LogP contribution is 2.29. The minimum absolute atomic E-state index is 0.103. The van der Waals surface area contributed by atoms with Gasteiger partial charge < -0.3 is 9.47 Å². The van der Waals surface area contributed by atoms with Gasteiger partial charge in [0.1, 0.15) is 5.75 Å². The fraction of sp³-hybridized carbons (Fsp3) is 0.273. The number of hydrogen-bond acceptors (Lipinski definition) is 4. The zero-order valence-corrected chi connectivity index (χ0v) is 10.5. The number of hydrogen-bond donors (Lipinski definition) is 0. The van der Waals surface area contributed by atoms with E-state index in [0.29, 0.717) is 21.3 Å². The van der Waals surface area contributed by atoms with Crippen LogP contribution in [-0.4, -0.2) is 20.2 Å². The molecule has 0 fully saturated rings. The van der Waals surface area contributed by atoms with E-state index in [-0.39, 0.29) is 12.4 Å². The van der Waals surface area contributed by atoms with E-state index >= 15 is 0 Å². The number of methoxy groups -OCH3 is 2. The van der Waals surface area contributed by atoms with Crippen molar-refractivity contribution in [1.29, 1.82) is 5.26 Å². The Bertz CT molecular complexity index is 451. The van der Waals surface area contributed by atoms with Crippen LogP contribution in [-0.2, 0) is 16.0 Å². The van der Waals surface area contributed by atoms with Gasteiger partial charge in [-0.1, -0.05) is 15.9 Å². The molecule has 0 spiro atoms. The van der Waals surface area contributed by atoms with Crippen LogP contribution < -0.4 is 4.74 Å². The quantitative estimate of drug-likeness (QED) is 0.797. The Balaban J connectivity index is 3.17. The second-order valence-corrected chi connectivity index (χ2v) is 3.86. The van der Waals surface area contributed by atoms with Gasteiger partial charge in [0.2, 0.25) is 0 Å². The molecular weight excluding hydrogens is 274 g/mol. The van der Waals surface area contributed by atoms with Gasteiger partial charge in [-0.15, -0.1) is 0 Å². The summed E-state index contributed by atoms with van der Waals surface area (Å²) in [5, 5.41) is 8.78. The van der Waals surface area contributed by atoms with Crippen LogP contribution in [0.15, 0.2) is 16.6 Å². The molecule has 0 N–H and O–H groups in total. The van der Waals surface area contributed by atoms with Gasteiger partial charge in [-0.05, 0) is 12.1 Å². The van der Waals surface area contributed by atoms with Gasteiger partial charge >= 0.3 is 5.97 Å². The molecule has 1 aromatic carbocycles. The predicted octanol–water partition coefficient (Wildman–Crippen LogP) is 2.04. The van der Waals surface area contributed by atoms with Gasteiger partial charge in [0.25, 0.3) is 0 Å². The average Bonchev–Trinajstić information content (AvgIpc) is 2.30. The molecule has 1 rings (SSSR count). The lowest BCUT2D eigenvalue weighted by molar-refractivity contribution is -0.139. The number of benzene rings is 1. The summed E-state index contributed by atoms with van der Waals surface area (Å²) >= 11 is 3.30. The van der Waals surface area contributed by atoms with Crippen molar-refractivity contribution in [2.24, 2.45) is 0 Å². The molecular formula is C11H10BrNO3. The summed E-state index contributed by atoms with van der Waals surface area (Å²) in [5.41, 5.74) is 1.14. The van der Waals surface area contributed by atoms with E-state index in [0.717, 1.165) is 0 Å². The predicted molar refractivity (Wildman–Crippen MR) is 61.1 cm³/mol. The fourth-order valence-electron chi connectivity index (χ4n) is 1.25. The van der Waals surface area contributed by atoms with Crippen LogP contribution in [0.5, 0.6) is 5.75 Å². The van der Waals surface area contributed by atoms with Crippen LogP contribution >= 0.6 is 15.9 Å². The molecule has 0 atom stereocenters. The highest BCUT2D eigenvalue weighted by atomic mass is 79.9. The van der Waals surface area contributed by atoms with E-state index in [1.807, 2.05) is 6.07 Å². The lowest BCUT2D eigenvalue weighted by Crippen LogP contribution is -2.07. The zero-order valence-electron chi connectivity index (χ0n) is 8.91. The summed E-state index contributed by atoms with van der Waals surface area (Å²) in [6.45, 7) is 0. The highest BCUT2D eigenvalue weighted by Gasteiger charge is 2.14. The Morgan fingerprint density at radius 2 is 2.19 bits per heavy atom. The molecule has 1 aromatic rings. The molecule has 0 bridgehead atoms. The van der Waals surface area contributed by atoms with E-state index in [2.05, 4.69) is 20.7 Å². The van der Waals surface area contributed by atoms with Gasteiger partial charge in [0.05, 0.1) is 32.3 Å². The van der Waals surface area contributed by atoms with Crippen molar-refractivity contribution in [2.75, 3.05) is 14.2 Å². The second-order valence-electron chi connectivity index (χ2n) is 3.00. The second kappa shape index (κ2) is 5.52. The SMILES string of the molecule is COC(=O)Cc1c(Br)cc(C#N)cc1OC. The van der Waals surface area contributed by atoms with Crippen molar-refractivity contribution in [3.05, 3.63) is 27.7 Å². The third kappa shape index (κ3) is 2.74. The molecule has 4 nitrogen and oxygen atoms in total. The number of nitrogens with zero attached hydrogens (tertiary/aromatic N) is 1. The third-order valence-corrected chi connectivity index (χ3v) is 2.76. The van der Waals surface area contributed by atoms with Gasteiger partial charge in [-0.25, -0.2) is 0 Å². The first-order chi connectivity index (χ1) is 7.62. The number of rotatable bonds is 3. The molecule has 0 aliphatic heterocycles. The molecule has 0 saturated heterocycles.